The van der Waals surface area contributed by atoms with Crippen molar-refractivity contribution in [2.45, 2.75) is 96.7 Å². The van der Waals surface area contributed by atoms with Gasteiger partial charge in [-0.3, -0.25) is 4.79 Å². The summed E-state index contributed by atoms with van der Waals surface area (Å²) in [5.41, 5.74) is 1.18. The molecule has 2 nitrogen and oxygen atoms in total. The Labute approximate surface area is 156 Å². The molecule has 1 aromatic rings. The Morgan fingerprint density at radius 3 is 2.12 bits per heavy atom. The largest absolute Gasteiger partial charge is 0.378 e. The van der Waals surface area contributed by atoms with Crippen molar-refractivity contribution in [1.82, 2.24) is 0 Å². The minimum atomic E-state index is -1.42. The van der Waals surface area contributed by atoms with Gasteiger partial charge in [0.25, 0.3) is 0 Å². The number of Topliss-reactive ketones (excluding diaryl/α,β-unsaturated/α-hetero) is 1. The lowest BCUT2D eigenvalue weighted by Gasteiger charge is -2.38. The van der Waals surface area contributed by atoms with Crippen LogP contribution < -0.4 is 0 Å². The van der Waals surface area contributed by atoms with E-state index in [0.29, 0.717) is 12.1 Å². The average Bonchev–Trinajstić information content (AvgIpc) is 2.64. The van der Waals surface area contributed by atoms with Crippen molar-refractivity contribution in [1.29, 1.82) is 0 Å². The van der Waals surface area contributed by atoms with Gasteiger partial charge in [0.2, 0.25) is 0 Å². The van der Waals surface area contributed by atoms with Crippen LogP contribution >= 0.6 is 0 Å². The summed E-state index contributed by atoms with van der Waals surface area (Å²) in [5, 5.41) is 0. The third kappa shape index (κ3) is 6.71. The van der Waals surface area contributed by atoms with E-state index in [2.05, 4.69) is 34.6 Å². The molecular formula is C22H38O2Si. The standard InChI is InChI=1S/C22H38O2Si/c1-6-10-12-17-22(25(7-2,8-3)9-4)24-19(5)18-21(23)20-15-13-11-14-16-20/h11,13-16,19,22H,6-10,12,17-18H2,1-5H3/t19-,22+/m1/s1. The van der Waals surface area contributed by atoms with E-state index in [9.17, 15) is 4.79 Å². The molecular weight excluding hydrogens is 324 g/mol. The number of hydrogen-bond donors (Lipinski definition) is 0. The summed E-state index contributed by atoms with van der Waals surface area (Å²) < 4.78 is 6.57. The molecule has 1 rings (SSSR count). The van der Waals surface area contributed by atoms with Crippen LogP contribution in [0.15, 0.2) is 30.3 Å². The SMILES string of the molecule is CCCCC[C@@H](O[C@H](C)CC(=O)c1ccccc1)[Si](CC)(CC)CC. The maximum atomic E-state index is 12.5. The second-order valence-corrected chi connectivity index (χ2v) is 12.8. The Bertz CT molecular complexity index is 474. The van der Waals surface area contributed by atoms with Crippen LogP contribution in [-0.2, 0) is 4.74 Å². The molecule has 0 unspecified atom stereocenters. The van der Waals surface area contributed by atoms with Gasteiger partial charge >= 0.3 is 0 Å². The molecule has 25 heavy (non-hydrogen) atoms. The van der Waals surface area contributed by atoms with Crippen molar-refractivity contribution in [2.24, 2.45) is 0 Å². The zero-order valence-electron chi connectivity index (χ0n) is 17.0. The molecule has 0 spiro atoms. The second kappa shape index (κ2) is 11.6. The van der Waals surface area contributed by atoms with Gasteiger partial charge in [-0.1, -0.05) is 95.4 Å². The van der Waals surface area contributed by atoms with E-state index in [1.165, 1.54) is 43.8 Å². The number of ether oxygens (including phenoxy) is 1. The fraction of sp³-hybridized carbons (Fsp3) is 0.682. The van der Waals surface area contributed by atoms with Crippen LogP contribution in [0.4, 0.5) is 0 Å². The highest BCUT2D eigenvalue weighted by Gasteiger charge is 2.37. The number of ketones is 1. The van der Waals surface area contributed by atoms with Crippen molar-refractivity contribution in [3.63, 3.8) is 0 Å². The third-order valence-electron chi connectivity index (χ3n) is 5.83. The molecule has 2 atom stereocenters. The van der Waals surface area contributed by atoms with Crippen LogP contribution in [0.3, 0.4) is 0 Å². The van der Waals surface area contributed by atoms with Gasteiger partial charge in [-0.05, 0) is 13.3 Å². The van der Waals surface area contributed by atoms with E-state index in [1.54, 1.807) is 0 Å². The van der Waals surface area contributed by atoms with E-state index < -0.39 is 8.07 Å². The molecule has 0 aromatic heterocycles. The van der Waals surface area contributed by atoms with E-state index >= 15 is 0 Å². The van der Waals surface area contributed by atoms with Crippen LogP contribution in [0, 0.1) is 0 Å². The number of hydrogen-bond acceptors (Lipinski definition) is 2. The highest BCUT2D eigenvalue weighted by Crippen LogP contribution is 2.31. The van der Waals surface area contributed by atoms with Gasteiger partial charge in [0.15, 0.2) is 5.78 Å². The van der Waals surface area contributed by atoms with E-state index in [1.807, 2.05) is 30.3 Å². The summed E-state index contributed by atoms with van der Waals surface area (Å²) in [5.74, 6) is 0.192. The highest BCUT2D eigenvalue weighted by atomic mass is 28.3. The molecule has 0 aliphatic carbocycles. The van der Waals surface area contributed by atoms with Crippen molar-refractivity contribution in [3.05, 3.63) is 35.9 Å². The maximum absolute atomic E-state index is 12.5. The summed E-state index contributed by atoms with van der Waals surface area (Å²) in [6, 6.07) is 13.4. The smallest absolute Gasteiger partial charge is 0.165 e. The summed E-state index contributed by atoms with van der Waals surface area (Å²) in [6.45, 7) is 11.4. The molecule has 0 aliphatic heterocycles. The molecule has 0 heterocycles. The zero-order chi connectivity index (χ0) is 18.7. The van der Waals surface area contributed by atoms with Crippen molar-refractivity contribution in [2.75, 3.05) is 0 Å². The number of carbonyl (C=O) groups is 1. The fourth-order valence-electron chi connectivity index (χ4n) is 3.86. The first kappa shape index (κ1) is 22.1. The minimum Gasteiger partial charge on any atom is -0.378 e. The summed E-state index contributed by atoms with van der Waals surface area (Å²) in [7, 11) is -1.42. The molecule has 0 bridgehead atoms. The lowest BCUT2D eigenvalue weighted by atomic mass is 10.1. The first-order chi connectivity index (χ1) is 12.0. The molecule has 3 heteroatoms. The van der Waals surface area contributed by atoms with Crippen LogP contribution in [0.2, 0.25) is 18.1 Å². The second-order valence-electron chi connectivity index (χ2n) is 7.35. The van der Waals surface area contributed by atoms with E-state index in [4.69, 9.17) is 4.74 Å². The van der Waals surface area contributed by atoms with Crippen LogP contribution in [0.25, 0.3) is 0 Å². The van der Waals surface area contributed by atoms with Gasteiger partial charge in [-0.25, -0.2) is 0 Å². The number of carbonyl (C=O) groups excluding carboxylic acids is 1. The molecule has 0 N–H and O–H groups in total. The summed E-state index contributed by atoms with van der Waals surface area (Å²) in [4.78, 5) is 12.5. The van der Waals surface area contributed by atoms with Gasteiger partial charge in [0.05, 0.1) is 14.2 Å². The van der Waals surface area contributed by atoms with Crippen molar-refractivity contribution >= 4 is 13.9 Å². The van der Waals surface area contributed by atoms with Crippen LogP contribution in [-0.4, -0.2) is 25.7 Å². The lowest BCUT2D eigenvalue weighted by Crippen LogP contribution is -2.48. The average molecular weight is 363 g/mol. The Balaban J connectivity index is 2.76. The molecule has 0 radical (unpaired) electrons. The Morgan fingerprint density at radius 2 is 1.60 bits per heavy atom. The van der Waals surface area contributed by atoms with Crippen molar-refractivity contribution < 1.29 is 9.53 Å². The van der Waals surface area contributed by atoms with E-state index in [-0.39, 0.29) is 11.9 Å². The molecule has 0 fully saturated rings. The van der Waals surface area contributed by atoms with Crippen LogP contribution in [0.5, 0.6) is 0 Å². The predicted octanol–water partition coefficient (Wildman–Crippen LogP) is 6.66. The van der Waals surface area contributed by atoms with Gasteiger partial charge in [0, 0.05) is 17.7 Å². The van der Waals surface area contributed by atoms with E-state index in [0.717, 1.165) is 5.56 Å². The number of benzene rings is 1. The molecule has 0 amide bonds. The third-order valence-corrected chi connectivity index (χ3v) is 11.8. The monoisotopic (exact) mass is 362 g/mol. The Morgan fingerprint density at radius 1 is 1.00 bits per heavy atom. The zero-order valence-corrected chi connectivity index (χ0v) is 18.0. The molecule has 142 valence electrons. The molecule has 0 saturated heterocycles. The highest BCUT2D eigenvalue weighted by molar-refractivity contribution is 6.80. The normalized spacial score (nSPS) is 14.3. The predicted molar refractivity (Wildman–Crippen MR) is 111 cm³/mol. The molecule has 1 aromatic carbocycles. The Kier molecular flexibility index (Phi) is 10.3. The number of rotatable bonds is 13. The minimum absolute atomic E-state index is 0.00384. The fourth-order valence-corrected chi connectivity index (χ4v) is 8.07. The van der Waals surface area contributed by atoms with Gasteiger partial charge in [0.1, 0.15) is 0 Å². The lowest BCUT2D eigenvalue weighted by molar-refractivity contribution is 0.0254. The first-order valence-electron chi connectivity index (χ1n) is 10.3. The summed E-state index contributed by atoms with van der Waals surface area (Å²) >= 11 is 0. The molecule has 0 aliphatic rings. The van der Waals surface area contributed by atoms with Crippen molar-refractivity contribution in [3.8, 4) is 0 Å². The quantitative estimate of drug-likeness (QED) is 0.223. The maximum Gasteiger partial charge on any atom is 0.165 e. The van der Waals surface area contributed by atoms with Crippen LogP contribution in [0.1, 0.15) is 77.1 Å². The van der Waals surface area contributed by atoms with Gasteiger partial charge in [-0.15, -0.1) is 0 Å². The molecule has 0 saturated carbocycles. The topological polar surface area (TPSA) is 26.3 Å². The Hall–Kier alpha value is -0.933. The number of unbranched alkanes of at least 4 members (excludes halogenated alkanes) is 2. The van der Waals surface area contributed by atoms with Gasteiger partial charge < -0.3 is 4.74 Å². The first-order valence-corrected chi connectivity index (χ1v) is 13.0. The van der Waals surface area contributed by atoms with Gasteiger partial charge in [-0.2, -0.15) is 0 Å². The summed E-state index contributed by atoms with van der Waals surface area (Å²) in [6.07, 6.45) is 5.41.